The largest absolute Gasteiger partial charge is 0.495 e. The van der Waals surface area contributed by atoms with Gasteiger partial charge in [0.05, 0.1) is 18.4 Å². The van der Waals surface area contributed by atoms with E-state index < -0.39 is 11.9 Å². The Morgan fingerprint density at radius 1 is 1.28 bits per heavy atom. The first-order valence-electron chi connectivity index (χ1n) is 10.3. The Balaban J connectivity index is 1.77. The molecule has 0 saturated carbocycles. The molecule has 1 aliphatic heterocycles. The number of aryl methyl sites for hydroxylation is 1. The molecular weight excluding hydrogens is 413 g/mol. The molecule has 1 unspecified atom stereocenters. The lowest BCUT2D eigenvalue weighted by atomic mass is 9.95. The van der Waals surface area contributed by atoms with Crippen LogP contribution in [0.25, 0.3) is 0 Å². The van der Waals surface area contributed by atoms with Crippen molar-refractivity contribution in [1.82, 2.24) is 14.8 Å². The molecule has 3 aromatic rings. The lowest BCUT2D eigenvalue weighted by molar-refractivity contribution is -0.113. The van der Waals surface area contributed by atoms with Crippen LogP contribution in [0.5, 0.6) is 5.75 Å². The summed E-state index contributed by atoms with van der Waals surface area (Å²) in [5.74, 6) is 0.732. The first-order chi connectivity index (χ1) is 15.5. The molecule has 2 heterocycles. The Labute approximate surface area is 184 Å². The Bertz CT molecular complexity index is 1170. The number of fused-ring (bicyclic) bond motifs is 1. The molecule has 8 nitrogen and oxygen atoms in total. The summed E-state index contributed by atoms with van der Waals surface area (Å²) < 4.78 is 21.0. The molecule has 0 aliphatic carbocycles. The van der Waals surface area contributed by atoms with Gasteiger partial charge in [-0.15, -0.1) is 0 Å². The second kappa shape index (κ2) is 9.19. The van der Waals surface area contributed by atoms with Crippen molar-refractivity contribution in [2.24, 2.45) is 0 Å². The number of nitrogens with zero attached hydrogens (tertiary/aromatic N) is 3. The van der Waals surface area contributed by atoms with Crippen molar-refractivity contribution in [3.8, 4) is 5.75 Å². The molecule has 1 aromatic heterocycles. The van der Waals surface area contributed by atoms with Crippen LogP contribution in [-0.4, -0.2) is 39.5 Å². The van der Waals surface area contributed by atoms with Crippen LogP contribution in [-0.2, 0) is 11.2 Å². The minimum absolute atomic E-state index is 0.0223. The van der Waals surface area contributed by atoms with E-state index >= 15 is 0 Å². The SMILES string of the molecule is COc1ccccc1NC(=O)C1=C(C)Nc2nc(CCCO)nn2C1c1cccc(F)c1. The fourth-order valence-electron chi connectivity index (χ4n) is 3.75. The Morgan fingerprint density at radius 2 is 2.09 bits per heavy atom. The monoisotopic (exact) mass is 437 g/mol. The number of anilines is 2. The smallest absolute Gasteiger partial charge is 0.255 e. The van der Waals surface area contributed by atoms with E-state index in [0.717, 1.165) is 0 Å². The highest BCUT2D eigenvalue weighted by atomic mass is 19.1. The molecular formula is C23H24FN5O3. The van der Waals surface area contributed by atoms with E-state index in [9.17, 15) is 9.18 Å². The topological polar surface area (TPSA) is 101 Å². The number of nitrogens with one attached hydrogen (secondary N) is 2. The summed E-state index contributed by atoms with van der Waals surface area (Å²) in [5.41, 5.74) is 2.05. The average molecular weight is 437 g/mol. The van der Waals surface area contributed by atoms with Gasteiger partial charge in [0, 0.05) is 18.7 Å². The third-order valence-electron chi connectivity index (χ3n) is 5.22. The van der Waals surface area contributed by atoms with Crippen molar-refractivity contribution in [3.63, 3.8) is 0 Å². The number of halogens is 1. The van der Waals surface area contributed by atoms with E-state index in [1.165, 1.54) is 19.2 Å². The first-order valence-corrected chi connectivity index (χ1v) is 10.3. The van der Waals surface area contributed by atoms with Gasteiger partial charge in [-0.05, 0) is 43.2 Å². The van der Waals surface area contributed by atoms with Gasteiger partial charge in [-0.3, -0.25) is 4.79 Å². The van der Waals surface area contributed by atoms with Gasteiger partial charge in [-0.1, -0.05) is 24.3 Å². The van der Waals surface area contributed by atoms with Gasteiger partial charge in [0.25, 0.3) is 5.91 Å². The van der Waals surface area contributed by atoms with Crippen molar-refractivity contribution in [3.05, 3.63) is 77.0 Å². The maximum absolute atomic E-state index is 14.1. The third kappa shape index (κ3) is 4.19. The van der Waals surface area contributed by atoms with E-state index in [-0.39, 0.29) is 12.5 Å². The standard InChI is InChI=1S/C23H24FN5O3/c1-14-20(22(31)26-17-9-3-4-10-18(17)32-2)21(15-7-5-8-16(24)13-15)29-23(25-14)27-19(28-29)11-6-12-30/h3-5,7-10,13,21,30H,6,11-12H2,1-2H3,(H,26,31)(H,25,27,28). The number of rotatable bonds is 7. The van der Waals surface area contributed by atoms with Crippen molar-refractivity contribution in [2.75, 3.05) is 24.4 Å². The molecule has 32 heavy (non-hydrogen) atoms. The maximum Gasteiger partial charge on any atom is 0.255 e. The summed E-state index contributed by atoms with van der Waals surface area (Å²) in [6, 6.07) is 12.5. The zero-order valence-corrected chi connectivity index (χ0v) is 17.8. The molecule has 166 valence electrons. The predicted octanol–water partition coefficient (Wildman–Crippen LogP) is 3.28. The minimum Gasteiger partial charge on any atom is -0.495 e. The van der Waals surface area contributed by atoms with E-state index in [0.29, 0.717) is 52.9 Å². The van der Waals surface area contributed by atoms with Gasteiger partial charge >= 0.3 is 0 Å². The Hall–Kier alpha value is -3.72. The number of amides is 1. The van der Waals surface area contributed by atoms with Crippen LogP contribution in [0, 0.1) is 5.82 Å². The molecule has 1 atom stereocenters. The minimum atomic E-state index is -0.688. The summed E-state index contributed by atoms with van der Waals surface area (Å²) in [6.45, 7) is 1.80. The number of benzene rings is 2. The summed E-state index contributed by atoms with van der Waals surface area (Å²) in [6.07, 6.45) is 0.998. The third-order valence-corrected chi connectivity index (χ3v) is 5.22. The van der Waals surface area contributed by atoms with Crippen LogP contribution in [0.4, 0.5) is 16.0 Å². The lowest BCUT2D eigenvalue weighted by Gasteiger charge is -2.28. The van der Waals surface area contributed by atoms with Crippen LogP contribution in [0.3, 0.4) is 0 Å². The van der Waals surface area contributed by atoms with Crippen LogP contribution in [0.1, 0.15) is 30.8 Å². The number of allylic oxidation sites excluding steroid dienone is 1. The highest BCUT2D eigenvalue weighted by molar-refractivity contribution is 6.06. The Morgan fingerprint density at radius 3 is 2.84 bits per heavy atom. The molecule has 0 bridgehead atoms. The van der Waals surface area contributed by atoms with Crippen molar-refractivity contribution in [2.45, 2.75) is 25.8 Å². The molecule has 4 rings (SSSR count). The van der Waals surface area contributed by atoms with Crippen LogP contribution in [0.2, 0.25) is 0 Å². The first kappa shape index (κ1) is 21.5. The quantitative estimate of drug-likeness (QED) is 0.524. The number of carbonyl (C=O) groups excluding carboxylic acids is 1. The van der Waals surface area contributed by atoms with Crippen molar-refractivity contribution >= 4 is 17.5 Å². The number of carbonyl (C=O) groups is 1. The van der Waals surface area contributed by atoms with Crippen LogP contribution >= 0.6 is 0 Å². The molecule has 1 aliphatic rings. The average Bonchev–Trinajstić information content (AvgIpc) is 3.19. The Kier molecular flexibility index (Phi) is 6.18. The highest BCUT2D eigenvalue weighted by Gasteiger charge is 2.34. The molecule has 1 amide bonds. The number of ether oxygens (including phenoxy) is 1. The number of aromatic nitrogens is 3. The summed E-state index contributed by atoms with van der Waals surface area (Å²) >= 11 is 0. The van der Waals surface area contributed by atoms with Crippen LogP contribution in [0.15, 0.2) is 59.8 Å². The van der Waals surface area contributed by atoms with Crippen molar-refractivity contribution in [1.29, 1.82) is 0 Å². The van der Waals surface area contributed by atoms with Crippen molar-refractivity contribution < 1.29 is 19.0 Å². The number of para-hydroxylation sites is 2. The predicted molar refractivity (Wildman–Crippen MR) is 118 cm³/mol. The summed E-state index contributed by atoms with van der Waals surface area (Å²) in [4.78, 5) is 17.9. The molecule has 0 saturated heterocycles. The number of hydrogen-bond donors (Lipinski definition) is 3. The summed E-state index contributed by atoms with van der Waals surface area (Å²) in [5, 5.41) is 19.7. The fourth-order valence-corrected chi connectivity index (χ4v) is 3.75. The lowest BCUT2D eigenvalue weighted by Crippen LogP contribution is -2.31. The maximum atomic E-state index is 14.1. The second-order valence-corrected chi connectivity index (χ2v) is 7.40. The fraction of sp³-hybridized carbons (Fsp3) is 0.261. The molecule has 0 radical (unpaired) electrons. The van der Waals surface area contributed by atoms with Gasteiger partial charge in [0.2, 0.25) is 5.95 Å². The van der Waals surface area contributed by atoms with E-state index in [2.05, 4.69) is 20.7 Å². The van der Waals surface area contributed by atoms with Gasteiger partial charge in [-0.2, -0.15) is 10.1 Å². The normalized spacial score (nSPS) is 15.2. The summed E-state index contributed by atoms with van der Waals surface area (Å²) in [7, 11) is 1.53. The number of hydrogen-bond acceptors (Lipinski definition) is 6. The van der Waals surface area contributed by atoms with Gasteiger partial charge in [0.1, 0.15) is 17.6 Å². The van der Waals surface area contributed by atoms with Gasteiger partial charge in [-0.25, -0.2) is 9.07 Å². The highest BCUT2D eigenvalue weighted by Crippen LogP contribution is 2.36. The molecule has 3 N–H and O–H groups in total. The number of methoxy groups -OCH3 is 1. The number of aliphatic hydroxyl groups is 1. The zero-order valence-electron chi connectivity index (χ0n) is 17.8. The zero-order chi connectivity index (χ0) is 22.7. The molecule has 0 spiro atoms. The van der Waals surface area contributed by atoms with Gasteiger partial charge < -0.3 is 20.5 Å². The molecule has 2 aromatic carbocycles. The second-order valence-electron chi connectivity index (χ2n) is 7.40. The van der Waals surface area contributed by atoms with E-state index in [1.807, 2.05) is 6.07 Å². The number of aliphatic hydroxyl groups excluding tert-OH is 1. The molecule has 0 fully saturated rings. The van der Waals surface area contributed by atoms with Crippen LogP contribution < -0.4 is 15.4 Å². The van der Waals surface area contributed by atoms with Gasteiger partial charge in [0.15, 0.2) is 5.82 Å². The molecule has 9 heteroatoms. The van der Waals surface area contributed by atoms with E-state index in [1.54, 1.807) is 41.9 Å². The van der Waals surface area contributed by atoms with E-state index in [4.69, 9.17) is 9.84 Å².